The van der Waals surface area contributed by atoms with Gasteiger partial charge in [-0.2, -0.15) is 10.1 Å². The standard InChI is InChI=1S/C25H23ClF4N6O3S/c1-13-21-24(34-33-13)31-23(32-25(21)39-18-9-10-36(11-17(18)27)12-20(28)29)14-5-7-15(8-6-14)35-40(37,38)19-4-2-3-16(26)22(19)30/h2-8,17-18,20,35H,9-12H2,1H3,(H,31,32,33,34)/t17-,18+/m0/s1. The minimum absolute atomic E-state index is 0.0856. The van der Waals surface area contributed by atoms with E-state index in [-0.39, 0.29) is 41.9 Å². The van der Waals surface area contributed by atoms with Crippen molar-refractivity contribution >= 4 is 38.3 Å². The molecule has 40 heavy (non-hydrogen) atoms. The molecule has 0 bridgehead atoms. The molecule has 0 unspecified atom stereocenters. The predicted molar refractivity (Wildman–Crippen MR) is 140 cm³/mol. The number of hydrogen-bond donors (Lipinski definition) is 2. The number of fused-ring (bicyclic) bond motifs is 1. The van der Waals surface area contributed by atoms with Crippen molar-refractivity contribution in [1.82, 2.24) is 25.1 Å². The van der Waals surface area contributed by atoms with Crippen molar-refractivity contribution in [3.8, 4) is 17.3 Å². The molecule has 2 N–H and O–H groups in total. The minimum atomic E-state index is -4.26. The van der Waals surface area contributed by atoms with Gasteiger partial charge in [-0.05, 0) is 43.3 Å². The van der Waals surface area contributed by atoms with Crippen molar-refractivity contribution in [2.24, 2.45) is 0 Å². The number of nitrogens with zero attached hydrogens (tertiary/aromatic N) is 4. The quantitative estimate of drug-likeness (QED) is 0.275. The van der Waals surface area contributed by atoms with Gasteiger partial charge in [0.25, 0.3) is 16.4 Å². The highest BCUT2D eigenvalue weighted by molar-refractivity contribution is 7.92. The normalized spacial score (nSPS) is 18.4. The Morgan fingerprint density at radius 3 is 2.65 bits per heavy atom. The zero-order chi connectivity index (χ0) is 28.6. The Morgan fingerprint density at radius 1 is 1.20 bits per heavy atom. The molecule has 3 heterocycles. The first-order chi connectivity index (χ1) is 19.0. The number of aryl methyl sites for hydroxylation is 1. The molecule has 1 aliphatic rings. The molecular formula is C25H23ClF4N6O3S. The minimum Gasteiger partial charge on any atom is -0.471 e. The number of nitrogens with one attached hydrogen (secondary N) is 2. The van der Waals surface area contributed by atoms with Crippen molar-refractivity contribution in [3.05, 3.63) is 59.0 Å². The van der Waals surface area contributed by atoms with Gasteiger partial charge in [0.05, 0.1) is 17.3 Å². The largest absolute Gasteiger partial charge is 0.471 e. The predicted octanol–water partition coefficient (Wildman–Crippen LogP) is 4.98. The third-order valence-electron chi connectivity index (χ3n) is 6.39. The molecule has 212 valence electrons. The third kappa shape index (κ3) is 5.83. The average molecular weight is 599 g/mol. The maximum Gasteiger partial charge on any atom is 0.264 e. The molecule has 5 rings (SSSR count). The number of H-pyrrole nitrogens is 1. The zero-order valence-corrected chi connectivity index (χ0v) is 22.5. The summed E-state index contributed by atoms with van der Waals surface area (Å²) in [7, 11) is -4.26. The van der Waals surface area contributed by atoms with Crippen molar-refractivity contribution in [2.75, 3.05) is 24.4 Å². The van der Waals surface area contributed by atoms with E-state index in [4.69, 9.17) is 16.3 Å². The number of likely N-dealkylation sites (tertiary alicyclic amines) is 1. The summed E-state index contributed by atoms with van der Waals surface area (Å²) in [6, 6.07) is 9.63. The van der Waals surface area contributed by atoms with Gasteiger partial charge in [-0.15, -0.1) is 0 Å². The van der Waals surface area contributed by atoms with E-state index in [9.17, 15) is 26.0 Å². The fourth-order valence-corrected chi connectivity index (χ4v) is 5.82. The number of halogens is 5. The SMILES string of the molecule is Cc1n[nH]c2nc(-c3ccc(NS(=O)(=O)c4cccc(Cl)c4F)cc3)nc(O[C@@H]3CCN(CC(F)F)C[C@@H]3F)c12. The van der Waals surface area contributed by atoms with Gasteiger partial charge in [0, 0.05) is 30.8 Å². The second-order valence-corrected chi connectivity index (χ2v) is 11.3. The molecule has 2 aromatic heterocycles. The maximum absolute atomic E-state index is 14.9. The summed E-state index contributed by atoms with van der Waals surface area (Å²) < 4.78 is 88.2. The Morgan fingerprint density at radius 2 is 1.95 bits per heavy atom. The van der Waals surface area contributed by atoms with Gasteiger partial charge in [0.1, 0.15) is 22.6 Å². The van der Waals surface area contributed by atoms with Crippen molar-refractivity contribution in [3.63, 3.8) is 0 Å². The molecule has 2 aromatic carbocycles. The van der Waals surface area contributed by atoms with Crippen LogP contribution in [0.2, 0.25) is 5.02 Å². The highest BCUT2D eigenvalue weighted by Crippen LogP contribution is 2.31. The summed E-state index contributed by atoms with van der Waals surface area (Å²) >= 11 is 5.71. The van der Waals surface area contributed by atoms with Crippen molar-refractivity contribution in [2.45, 2.75) is 36.9 Å². The van der Waals surface area contributed by atoms with E-state index in [0.29, 0.717) is 22.3 Å². The monoisotopic (exact) mass is 598 g/mol. The molecule has 9 nitrogen and oxygen atoms in total. The topological polar surface area (TPSA) is 113 Å². The molecule has 15 heteroatoms. The summed E-state index contributed by atoms with van der Waals surface area (Å²) in [4.78, 5) is 9.70. The van der Waals surface area contributed by atoms with Crippen molar-refractivity contribution < 1.29 is 30.7 Å². The number of aromatic amines is 1. The lowest BCUT2D eigenvalue weighted by molar-refractivity contribution is -0.00249. The average Bonchev–Trinajstić information content (AvgIpc) is 3.28. The van der Waals surface area contributed by atoms with Crippen LogP contribution < -0.4 is 9.46 Å². The number of anilines is 1. The van der Waals surface area contributed by atoms with Crippen LogP contribution in [0.3, 0.4) is 0 Å². The number of sulfonamides is 1. The van der Waals surface area contributed by atoms with Crippen LogP contribution in [0.4, 0.5) is 23.2 Å². The number of rotatable bonds is 8. The van der Waals surface area contributed by atoms with Gasteiger partial charge in [0.2, 0.25) is 5.88 Å². The van der Waals surface area contributed by atoms with Crippen LogP contribution in [0.5, 0.6) is 5.88 Å². The zero-order valence-electron chi connectivity index (χ0n) is 20.9. The molecule has 0 aliphatic carbocycles. The lowest BCUT2D eigenvalue weighted by atomic mass is 10.1. The second kappa shape index (κ2) is 11.2. The molecule has 0 spiro atoms. The molecule has 0 saturated carbocycles. The number of alkyl halides is 3. The van der Waals surface area contributed by atoms with E-state index >= 15 is 0 Å². The van der Waals surface area contributed by atoms with Gasteiger partial charge in [0.15, 0.2) is 17.3 Å². The van der Waals surface area contributed by atoms with Crippen LogP contribution in [-0.4, -0.2) is 71.8 Å². The summed E-state index contributed by atoms with van der Waals surface area (Å²) in [5, 5.41) is 7.05. The summed E-state index contributed by atoms with van der Waals surface area (Å²) in [6.45, 7) is 1.26. The Labute approximate surface area is 231 Å². The van der Waals surface area contributed by atoms with Crippen LogP contribution in [0.25, 0.3) is 22.4 Å². The molecule has 4 aromatic rings. The van der Waals surface area contributed by atoms with Gasteiger partial charge in [-0.3, -0.25) is 14.7 Å². The Bertz CT molecular complexity index is 1640. The summed E-state index contributed by atoms with van der Waals surface area (Å²) in [6.07, 6.45) is -4.78. The molecule has 1 fully saturated rings. The Hall–Kier alpha value is -3.49. The lowest BCUT2D eigenvalue weighted by Gasteiger charge is -2.34. The van der Waals surface area contributed by atoms with E-state index in [1.165, 1.54) is 29.2 Å². The maximum atomic E-state index is 14.9. The number of piperidine rings is 1. The lowest BCUT2D eigenvalue weighted by Crippen LogP contribution is -2.48. The number of hydrogen-bond acceptors (Lipinski definition) is 7. The molecule has 1 saturated heterocycles. The van der Waals surface area contributed by atoms with E-state index in [1.54, 1.807) is 19.1 Å². The van der Waals surface area contributed by atoms with E-state index < -0.39 is 46.0 Å². The molecule has 0 radical (unpaired) electrons. The van der Waals surface area contributed by atoms with Gasteiger partial charge < -0.3 is 4.74 Å². The summed E-state index contributed by atoms with van der Waals surface area (Å²) in [5.74, 6) is -0.790. The molecular weight excluding hydrogens is 576 g/mol. The van der Waals surface area contributed by atoms with E-state index in [2.05, 4.69) is 24.9 Å². The first-order valence-electron chi connectivity index (χ1n) is 12.1. The second-order valence-electron chi connectivity index (χ2n) is 9.23. The first kappa shape index (κ1) is 28.1. The molecule has 0 amide bonds. The smallest absolute Gasteiger partial charge is 0.264 e. The number of aromatic nitrogens is 4. The van der Waals surface area contributed by atoms with Crippen LogP contribution in [-0.2, 0) is 10.0 Å². The highest BCUT2D eigenvalue weighted by atomic mass is 35.5. The summed E-state index contributed by atoms with van der Waals surface area (Å²) in [5.41, 5.74) is 1.48. The Kier molecular flexibility index (Phi) is 7.84. The van der Waals surface area contributed by atoms with Gasteiger partial charge in [-0.25, -0.2) is 31.0 Å². The first-order valence-corrected chi connectivity index (χ1v) is 14.0. The van der Waals surface area contributed by atoms with E-state index in [0.717, 1.165) is 6.07 Å². The number of ether oxygens (including phenoxy) is 1. The third-order valence-corrected chi connectivity index (χ3v) is 8.08. The fourth-order valence-electron chi connectivity index (χ4n) is 4.43. The fraction of sp³-hybridized carbons (Fsp3) is 0.320. The molecule has 1 aliphatic heterocycles. The van der Waals surface area contributed by atoms with Gasteiger partial charge in [-0.1, -0.05) is 17.7 Å². The van der Waals surface area contributed by atoms with Crippen LogP contribution in [0.15, 0.2) is 47.4 Å². The van der Waals surface area contributed by atoms with Crippen LogP contribution in [0, 0.1) is 12.7 Å². The van der Waals surface area contributed by atoms with Crippen LogP contribution in [0.1, 0.15) is 12.1 Å². The van der Waals surface area contributed by atoms with Gasteiger partial charge >= 0.3 is 0 Å². The Balaban J connectivity index is 1.38. The highest BCUT2D eigenvalue weighted by Gasteiger charge is 2.33. The van der Waals surface area contributed by atoms with E-state index in [1.807, 2.05) is 0 Å². The van der Waals surface area contributed by atoms with Crippen molar-refractivity contribution in [1.29, 1.82) is 0 Å². The van der Waals surface area contributed by atoms with Crippen LogP contribution >= 0.6 is 11.6 Å². The number of benzene rings is 2. The molecule has 2 atom stereocenters.